The van der Waals surface area contributed by atoms with E-state index in [9.17, 15) is 4.79 Å². The molecule has 0 spiro atoms. The monoisotopic (exact) mass is 157 g/mol. The third-order valence-electron chi connectivity index (χ3n) is 1.63. The number of rotatable bonds is 2. The van der Waals surface area contributed by atoms with Gasteiger partial charge in [0.2, 0.25) is 0 Å². The number of aromatic nitrogens is 3. The third kappa shape index (κ3) is 1.32. The van der Waals surface area contributed by atoms with Crippen LogP contribution in [0.5, 0.6) is 0 Å². The van der Waals surface area contributed by atoms with Crippen LogP contribution in [0.4, 0.5) is 0 Å². The fourth-order valence-corrected chi connectivity index (χ4v) is 0.828. The van der Waals surface area contributed by atoms with Crippen LogP contribution in [0.1, 0.15) is 18.9 Å². The number of H-pyrrole nitrogens is 1. The Kier molecular flexibility index (Phi) is 2.09. The van der Waals surface area contributed by atoms with Crippen molar-refractivity contribution < 1.29 is 4.74 Å². The molecule has 0 amide bonds. The predicted octanol–water partition coefficient (Wildman–Crippen LogP) is -0.184. The largest absolute Gasteiger partial charge is 0.374 e. The lowest BCUT2D eigenvalue weighted by atomic mass is 10.4. The molecule has 5 nitrogen and oxygen atoms in total. The van der Waals surface area contributed by atoms with E-state index in [1.807, 2.05) is 6.92 Å². The average molecular weight is 157 g/mol. The van der Waals surface area contributed by atoms with Gasteiger partial charge in [0.15, 0.2) is 5.82 Å². The molecule has 0 aliphatic rings. The highest BCUT2D eigenvalue weighted by Gasteiger charge is 2.10. The molecule has 62 valence electrons. The first kappa shape index (κ1) is 8.00. The minimum atomic E-state index is -0.219. The molecule has 1 rings (SSSR count). The molecular formula is C6H11N3O2. The maximum atomic E-state index is 10.8. The summed E-state index contributed by atoms with van der Waals surface area (Å²) in [4.78, 5) is 10.8. The average Bonchev–Trinajstić information content (AvgIpc) is 2.32. The normalized spacial score (nSPS) is 13.4. The first-order valence-electron chi connectivity index (χ1n) is 3.31. The quantitative estimate of drug-likeness (QED) is 0.647. The third-order valence-corrected chi connectivity index (χ3v) is 1.63. The second-order valence-electron chi connectivity index (χ2n) is 2.32. The zero-order valence-electron chi connectivity index (χ0n) is 6.79. The molecule has 0 aromatic carbocycles. The molecule has 0 saturated carbocycles. The summed E-state index contributed by atoms with van der Waals surface area (Å²) in [6, 6.07) is 0. The predicted molar refractivity (Wildman–Crippen MR) is 39.3 cm³/mol. The highest BCUT2D eigenvalue weighted by Crippen LogP contribution is 2.08. The zero-order chi connectivity index (χ0) is 8.43. The number of ether oxygens (including phenoxy) is 1. The lowest BCUT2D eigenvalue weighted by molar-refractivity contribution is 0.109. The highest BCUT2D eigenvalue weighted by molar-refractivity contribution is 4.88. The van der Waals surface area contributed by atoms with E-state index in [0.717, 1.165) is 0 Å². The van der Waals surface area contributed by atoms with Crippen molar-refractivity contribution in [2.75, 3.05) is 7.11 Å². The lowest BCUT2D eigenvalue weighted by Gasteiger charge is -2.06. The molecule has 1 heterocycles. The molecule has 0 bridgehead atoms. The van der Waals surface area contributed by atoms with Gasteiger partial charge < -0.3 is 4.74 Å². The molecule has 1 aromatic rings. The van der Waals surface area contributed by atoms with E-state index in [2.05, 4.69) is 10.2 Å². The summed E-state index contributed by atoms with van der Waals surface area (Å²) >= 11 is 0. The Morgan fingerprint density at radius 1 is 1.73 bits per heavy atom. The summed E-state index contributed by atoms with van der Waals surface area (Å²) in [6.45, 7) is 1.83. The fraction of sp³-hybridized carbons (Fsp3) is 0.667. The minimum Gasteiger partial charge on any atom is -0.374 e. The number of nitrogens with zero attached hydrogens (tertiary/aromatic N) is 2. The van der Waals surface area contributed by atoms with Crippen LogP contribution in [0.3, 0.4) is 0 Å². The Hall–Kier alpha value is -1.10. The van der Waals surface area contributed by atoms with Crippen LogP contribution in [-0.2, 0) is 11.8 Å². The fourth-order valence-electron chi connectivity index (χ4n) is 0.828. The van der Waals surface area contributed by atoms with Crippen molar-refractivity contribution in [2.24, 2.45) is 7.05 Å². The molecule has 0 fully saturated rings. The van der Waals surface area contributed by atoms with E-state index in [1.54, 1.807) is 14.2 Å². The van der Waals surface area contributed by atoms with Crippen LogP contribution in [0, 0.1) is 0 Å². The van der Waals surface area contributed by atoms with Gasteiger partial charge in [-0.1, -0.05) is 0 Å². The summed E-state index contributed by atoms with van der Waals surface area (Å²) in [6.07, 6.45) is -0.154. The van der Waals surface area contributed by atoms with Crippen molar-refractivity contribution in [3.63, 3.8) is 0 Å². The van der Waals surface area contributed by atoms with Crippen molar-refractivity contribution in [3.8, 4) is 0 Å². The highest BCUT2D eigenvalue weighted by atomic mass is 16.5. The molecule has 0 aliphatic carbocycles. The van der Waals surface area contributed by atoms with Gasteiger partial charge in [-0.25, -0.2) is 9.89 Å². The van der Waals surface area contributed by atoms with Crippen molar-refractivity contribution in [3.05, 3.63) is 16.3 Å². The van der Waals surface area contributed by atoms with Crippen molar-refractivity contribution in [2.45, 2.75) is 13.0 Å². The molecule has 1 aromatic heterocycles. The number of aromatic amines is 1. The minimum absolute atomic E-state index is 0.154. The first-order valence-corrected chi connectivity index (χ1v) is 3.31. The van der Waals surface area contributed by atoms with Crippen LogP contribution < -0.4 is 5.69 Å². The smallest absolute Gasteiger partial charge is 0.343 e. The van der Waals surface area contributed by atoms with Gasteiger partial charge >= 0.3 is 5.69 Å². The summed E-state index contributed by atoms with van der Waals surface area (Å²) in [5, 5.41) is 6.12. The summed E-state index contributed by atoms with van der Waals surface area (Å²) in [5.41, 5.74) is -0.219. The number of nitrogens with one attached hydrogen (secondary N) is 1. The van der Waals surface area contributed by atoms with Crippen LogP contribution in [-0.4, -0.2) is 21.9 Å². The van der Waals surface area contributed by atoms with Gasteiger partial charge in [0.25, 0.3) is 0 Å². The van der Waals surface area contributed by atoms with Gasteiger partial charge in [-0.3, -0.25) is 4.57 Å². The molecule has 0 aliphatic heterocycles. The summed E-state index contributed by atoms with van der Waals surface area (Å²) < 4.78 is 6.41. The maximum Gasteiger partial charge on any atom is 0.343 e. The standard InChI is InChI=1S/C6H11N3O2/c1-4(11-3)5-7-8-6(10)9(5)2/h4H,1-3H3,(H,8,10). The second kappa shape index (κ2) is 2.87. The Morgan fingerprint density at radius 3 is 2.73 bits per heavy atom. The Balaban J connectivity index is 3.04. The van der Waals surface area contributed by atoms with E-state index < -0.39 is 0 Å². The SMILES string of the molecule is COC(C)c1n[nH]c(=O)n1C. The number of hydrogen-bond donors (Lipinski definition) is 1. The number of methoxy groups -OCH3 is 1. The van der Waals surface area contributed by atoms with E-state index >= 15 is 0 Å². The lowest BCUT2D eigenvalue weighted by Crippen LogP contribution is -2.16. The van der Waals surface area contributed by atoms with Crippen molar-refractivity contribution >= 4 is 0 Å². The summed E-state index contributed by atoms with van der Waals surface area (Å²) in [5.74, 6) is 0.609. The van der Waals surface area contributed by atoms with Gasteiger partial charge in [-0.15, -0.1) is 0 Å². The van der Waals surface area contributed by atoms with Crippen LogP contribution in [0.25, 0.3) is 0 Å². The molecular weight excluding hydrogens is 146 g/mol. The van der Waals surface area contributed by atoms with E-state index in [1.165, 1.54) is 4.57 Å². The van der Waals surface area contributed by atoms with E-state index in [4.69, 9.17) is 4.74 Å². The molecule has 1 atom stereocenters. The van der Waals surface area contributed by atoms with Crippen LogP contribution in [0.15, 0.2) is 4.79 Å². The first-order chi connectivity index (χ1) is 5.16. The zero-order valence-corrected chi connectivity index (χ0v) is 6.79. The molecule has 0 saturated heterocycles. The molecule has 1 N–H and O–H groups in total. The van der Waals surface area contributed by atoms with Crippen LogP contribution >= 0.6 is 0 Å². The molecule has 11 heavy (non-hydrogen) atoms. The molecule has 5 heteroatoms. The van der Waals surface area contributed by atoms with Gasteiger partial charge in [-0.05, 0) is 6.92 Å². The Labute approximate surface area is 64.0 Å². The topological polar surface area (TPSA) is 59.9 Å². The number of hydrogen-bond acceptors (Lipinski definition) is 3. The molecule has 0 radical (unpaired) electrons. The second-order valence-corrected chi connectivity index (χ2v) is 2.32. The van der Waals surface area contributed by atoms with Crippen molar-refractivity contribution in [1.29, 1.82) is 0 Å². The van der Waals surface area contributed by atoms with Gasteiger partial charge in [-0.2, -0.15) is 5.10 Å². The van der Waals surface area contributed by atoms with Crippen molar-refractivity contribution in [1.82, 2.24) is 14.8 Å². The van der Waals surface area contributed by atoms with Gasteiger partial charge in [0.1, 0.15) is 6.10 Å². The van der Waals surface area contributed by atoms with Gasteiger partial charge in [0.05, 0.1) is 0 Å². The Bertz CT molecular complexity index is 288. The van der Waals surface area contributed by atoms with Crippen LogP contribution in [0.2, 0.25) is 0 Å². The summed E-state index contributed by atoms with van der Waals surface area (Å²) in [7, 11) is 3.22. The Morgan fingerprint density at radius 2 is 2.36 bits per heavy atom. The van der Waals surface area contributed by atoms with Gasteiger partial charge in [0, 0.05) is 14.2 Å². The van der Waals surface area contributed by atoms with E-state index in [-0.39, 0.29) is 11.8 Å². The van der Waals surface area contributed by atoms with E-state index in [0.29, 0.717) is 5.82 Å². The maximum absolute atomic E-state index is 10.8. The molecule has 1 unspecified atom stereocenters.